The van der Waals surface area contributed by atoms with Crippen LogP contribution in [0.4, 0.5) is 3.89 Å². The molecule has 0 amide bonds. The summed E-state index contributed by atoms with van der Waals surface area (Å²) in [5.41, 5.74) is 0. The van der Waals surface area contributed by atoms with Crippen LogP contribution in [0.25, 0.3) is 0 Å². The van der Waals surface area contributed by atoms with Crippen LogP contribution < -0.4 is 0 Å². The smallest absolute Gasteiger partial charge is 0.134 e. The molecule has 4 heteroatoms. The van der Waals surface area contributed by atoms with Crippen molar-refractivity contribution in [3.8, 4) is 0 Å². The van der Waals surface area contributed by atoms with Crippen molar-refractivity contribution >= 4 is 12.3 Å². The molecule has 10 heavy (non-hydrogen) atoms. The minimum atomic E-state index is 0.357. The molecule has 0 aliphatic carbocycles. The van der Waals surface area contributed by atoms with Crippen LogP contribution in [0.2, 0.25) is 0 Å². The van der Waals surface area contributed by atoms with E-state index in [2.05, 4.69) is 4.90 Å². The van der Waals surface area contributed by atoms with E-state index in [-0.39, 0.29) is 0 Å². The van der Waals surface area contributed by atoms with Gasteiger partial charge in [0.25, 0.3) is 0 Å². The van der Waals surface area contributed by atoms with Gasteiger partial charge in [-0.3, -0.25) is 0 Å². The highest BCUT2D eigenvalue weighted by atomic mass is 32.2. The molecule has 0 saturated carbocycles. The predicted octanol–water partition coefficient (Wildman–Crippen LogP) is 1.01. The zero-order valence-corrected chi connectivity index (χ0v) is 7.20. The van der Waals surface area contributed by atoms with E-state index >= 15 is 0 Å². The summed E-state index contributed by atoms with van der Waals surface area (Å²) in [6.07, 6.45) is 0. The van der Waals surface area contributed by atoms with Gasteiger partial charge in [0.05, 0.1) is 0 Å². The Balaban J connectivity index is 2.03. The molecule has 1 saturated heterocycles. The molecular weight excluding hydrogens is 151 g/mol. The van der Waals surface area contributed by atoms with Gasteiger partial charge in [-0.15, -0.1) is 3.89 Å². The van der Waals surface area contributed by atoms with Crippen molar-refractivity contribution in [2.75, 3.05) is 33.7 Å². The fourth-order valence-electron chi connectivity index (χ4n) is 1.21. The highest BCUT2D eigenvalue weighted by molar-refractivity contribution is 7.91. The molecule has 1 fully saturated rings. The Morgan fingerprint density at radius 2 is 2.20 bits per heavy atom. The van der Waals surface area contributed by atoms with E-state index in [9.17, 15) is 3.89 Å². The van der Waals surface area contributed by atoms with Gasteiger partial charge in [0.1, 0.15) is 12.3 Å². The number of hydrogen-bond donors (Lipinski definition) is 0. The minimum Gasteiger partial charge on any atom is -0.309 e. The first kappa shape index (κ1) is 8.30. The molecule has 2 nitrogen and oxygen atoms in total. The molecule has 1 heterocycles. The highest BCUT2D eigenvalue weighted by Gasteiger charge is 2.27. The maximum Gasteiger partial charge on any atom is 0.134 e. The van der Waals surface area contributed by atoms with Crippen LogP contribution in [-0.2, 0) is 0 Å². The third-order valence-corrected chi connectivity index (χ3v) is 2.14. The largest absolute Gasteiger partial charge is 0.309 e. The van der Waals surface area contributed by atoms with Crippen molar-refractivity contribution in [1.29, 1.82) is 0 Å². The second kappa shape index (κ2) is 3.55. The van der Waals surface area contributed by atoms with Crippen molar-refractivity contribution in [3.05, 3.63) is 0 Å². The fraction of sp³-hybridized carbons (Fsp3) is 1.00. The van der Waals surface area contributed by atoms with Gasteiger partial charge in [-0.1, -0.05) is 0 Å². The van der Waals surface area contributed by atoms with Gasteiger partial charge in [-0.05, 0) is 20.0 Å². The van der Waals surface area contributed by atoms with Crippen LogP contribution in [0, 0.1) is 5.92 Å². The van der Waals surface area contributed by atoms with Gasteiger partial charge in [0, 0.05) is 19.6 Å². The van der Waals surface area contributed by atoms with Crippen molar-refractivity contribution in [2.24, 2.45) is 5.92 Å². The first-order valence-electron chi connectivity index (χ1n) is 3.40. The zero-order valence-electron chi connectivity index (χ0n) is 6.38. The average molecular weight is 164 g/mol. The van der Waals surface area contributed by atoms with Crippen LogP contribution in [0.15, 0.2) is 0 Å². The maximum atomic E-state index is 11.8. The minimum absolute atomic E-state index is 0.357. The fourth-order valence-corrected chi connectivity index (χ4v) is 1.75. The van der Waals surface area contributed by atoms with E-state index in [0.29, 0.717) is 18.3 Å². The summed E-state index contributed by atoms with van der Waals surface area (Å²) in [7, 11) is 4.09. The monoisotopic (exact) mass is 164 g/mol. The summed E-state index contributed by atoms with van der Waals surface area (Å²) in [4.78, 5) is 2.14. The molecule has 0 bridgehead atoms. The predicted molar refractivity (Wildman–Crippen MR) is 42.3 cm³/mol. The topological polar surface area (TPSA) is 6.48 Å². The molecule has 0 radical (unpaired) electrons. The van der Waals surface area contributed by atoms with Crippen LogP contribution >= 0.6 is 12.3 Å². The van der Waals surface area contributed by atoms with E-state index in [4.69, 9.17) is 0 Å². The van der Waals surface area contributed by atoms with Crippen LogP contribution in [0.3, 0.4) is 0 Å². The van der Waals surface area contributed by atoms with Gasteiger partial charge in [-0.2, -0.15) is 0 Å². The molecule has 0 unspecified atom stereocenters. The Morgan fingerprint density at radius 1 is 1.60 bits per heavy atom. The van der Waals surface area contributed by atoms with Crippen molar-refractivity contribution in [1.82, 2.24) is 9.21 Å². The molecule has 1 rings (SSSR count). The quantitative estimate of drug-likeness (QED) is 0.575. The lowest BCUT2D eigenvalue weighted by Gasteiger charge is -2.36. The Labute approximate surface area is 65.8 Å². The van der Waals surface area contributed by atoms with E-state index in [1.807, 2.05) is 14.1 Å². The summed E-state index contributed by atoms with van der Waals surface area (Å²) in [5.74, 6) is 0.679. The van der Waals surface area contributed by atoms with Gasteiger partial charge >= 0.3 is 0 Å². The van der Waals surface area contributed by atoms with Crippen LogP contribution in [0.5, 0.6) is 0 Å². The van der Waals surface area contributed by atoms with Gasteiger partial charge < -0.3 is 4.90 Å². The lowest BCUT2D eigenvalue weighted by atomic mass is 10.0. The van der Waals surface area contributed by atoms with Crippen LogP contribution in [0.1, 0.15) is 0 Å². The molecule has 0 N–H and O–H groups in total. The Kier molecular flexibility index (Phi) is 2.95. The summed E-state index contributed by atoms with van der Waals surface area (Å²) in [6, 6.07) is 0. The van der Waals surface area contributed by atoms with E-state index in [1.165, 1.54) is 0 Å². The second-order valence-electron chi connectivity index (χ2n) is 3.04. The Bertz CT molecular complexity index is 104. The lowest BCUT2D eigenvalue weighted by molar-refractivity contribution is 0.170. The van der Waals surface area contributed by atoms with Crippen molar-refractivity contribution in [3.63, 3.8) is 0 Å². The summed E-state index contributed by atoms with van der Waals surface area (Å²) in [6.45, 7) is 2.88. The molecule has 0 aromatic rings. The molecule has 0 aromatic carbocycles. The first-order chi connectivity index (χ1) is 4.72. The van der Waals surface area contributed by atoms with Gasteiger partial charge in [0.15, 0.2) is 0 Å². The van der Waals surface area contributed by atoms with Crippen molar-refractivity contribution in [2.45, 2.75) is 0 Å². The molecule has 1 aliphatic heterocycles. The third-order valence-electron chi connectivity index (χ3n) is 1.64. The highest BCUT2D eigenvalue weighted by Crippen LogP contribution is 2.24. The standard InChI is InChI=1S/C6H13FN2S/c1-8(2)3-6-4-9(5-6)10-7/h6H,3-5H2,1-2H3. The molecule has 0 aromatic heterocycles. The summed E-state index contributed by atoms with van der Waals surface area (Å²) < 4.78 is 13.5. The summed E-state index contributed by atoms with van der Waals surface area (Å²) >= 11 is 0.357. The molecule has 1 aliphatic rings. The van der Waals surface area contributed by atoms with Gasteiger partial charge in [-0.25, -0.2) is 4.31 Å². The summed E-state index contributed by atoms with van der Waals surface area (Å²) in [5, 5.41) is 0. The normalized spacial score (nSPS) is 21.6. The van der Waals surface area contributed by atoms with Gasteiger partial charge in [0.2, 0.25) is 0 Å². The SMILES string of the molecule is CN(C)CC1CN(SF)C1. The Hall–Kier alpha value is 0.200. The zero-order chi connectivity index (χ0) is 7.56. The lowest BCUT2D eigenvalue weighted by Crippen LogP contribution is -2.46. The maximum absolute atomic E-state index is 11.8. The van der Waals surface area contributed by atoms with E-state index < -0.39 is 0 Å². The first-order valence-corrected chi connectivity index (χ1v) is 4.08. The molecule has 0 spiro atoms. The van der Waals surface area contributed by atoms with Crippen molar-refractivity contribution < 1.29 is 3.89 Å². The number of halogens is 1. The molecule has 0 atom stereocenters. The second-order valence-corrected chi connectivity index (χ2v) is 3.70. The number of hydrogen-bond acceptors (Lipinski definition) is 3. The number of rotatable bonds is 3. The molecular formula is C6H13FN2S. The number of nitrogens with zero attached hydrogens (tertiary/aromatic N) is 2. The third kappa shape index (κ3) is 2.11. The average Bonchev–Trinajstić information content (AvgIpc) is 1.76. The van der Waals surface area contributed by atoms with E-state index in [1.54, 1.807) is 4.31 Å². The van der Waals surface area contributed by atoms with E-state index in [0.717, 1.165) is 19.6 Å². The molecule has 60 valence electrons. The van der Waals surface area contributed by atoms with Crippen LogP contribution in [-0.4, -0.2) is 42.9 Å². The Morgan fingerprint density at radius 3 is 2.60 bits per heavy atom.